The van der Waals surface area contributed by atoms with Crippen molar-refractivity contribution in [2.45, 2.75) is 6.92 Å². The predicted molar refractivity (Wildman–Crippen MR) is 85.8 cm³/mol. The number of rotatable bonds is 1. The Kier molecular flexibility index (Phi) is 2.70. The fourth-order valence-corrected chi connectivity index (χ4v) is 3.02. The second-order valence-electron chi connectivity index (χ2n) is 5.07. The highest BCUT2D eigenvalue weighted by Crippen LogP contribution is 2.25. The van der Waals surface area contributed by atoms with Crippen LogP contribution in [0.25, 0.3) is 27.9 Å². The van der Waals surface area contributed by atoms with E-state index in [1.165, 1.54) is 4.52 Å². The third kappa shape index (κ3) is 1.80. The Morgan fingerprint density at radius 1 is 1.27 bits per heavy atom. The van der Waals surface area contributed by atoms with E-state index in [0.717, 1.165) is 21.1 Å². The molecule has 3 aromatic heterocycles. The van der Waals surface area contributed by atoms with Gasteiger partial charge >= 0.3 is 5.69 Å². The van der Waals surface area contributed by atoms with Crippen molar-refractivity contribution in [3.05, 3.63) is 45.0 Å². The van der Waals surface area contributed by atoms with Crippen LogP contribution in [0, 0.1) is 6.92 Å². The predicted octanol–water partition coefficient (Wildman–Crippen LogP) is 2.04. The summed E-state index contributed by atoms with van der Waals surface area (Å²) in [7, 11) is 1.84. The van der Waals surface area contributed by atoms with Gasteiger partial charge in [0.25, 0.3) is 0 Å². The van der Waals surface area contributed by atoms with E-state index >= 15 is 0 Å². The molecular weight excluding hydrogens is 348 g/mol. The minimum absolute atomic E-state index is 0.324. The molecule has 0 spiro atoms. The maximum absolute atomic E-state index is 12.2. The van der Waals surface area contributed by atoms with Crippen molar-refractivity contribution >= 4 is 32.5 Å². The van der Waals surface area contributed by atoms with E-state index in [9.17, 15) is 4.79 Å². The molecule has 0 amide bonds. The van der Waals surface area contributed by atoms with E-state index in [0.29, 0.717) is 17.0 Å². The second-order valence-corrected chi connectivity index (χ2v) is 5.92. The zero-order chi connectivity index (χ0) is 15.4. The topological polar surface area (TPSA) is 80.9 Å². The molecule has 0 radical (unpaired) electrons. The van der Waals surface area contributed by atoms with Crippen molar-refractivity contribution in [2.75, 3.05) is 0 Å². The molecular formula is C14H11BrN6O. The van der Waals surface area contributed by atoms with Gasteiger partial charge in [0.1, 0.15) is 0 Å². The Morgan fingerprint density at radius 2 is 2.09 bits per heavy atom. The van der Waals surface area contributed by atoms with Gasteiger partial charge < -0.3 is 4.98 Å². The number of nitrogens with one attached hydrogen (secondary N) is 1. The van der Waals surface area contributed by atoms with Crippen molar-refractivity contribution in [2.24, 2.45) is 7.05 Å². The van der Waals surface area contributed by atoms with Gasteiger partial charge in [0.15, 0.2) is 11.5 Å². The van der Waals surface area contributed by atoms with Gasteiger partial charge in [-0.15, -0.1) is 5.10 Å². The maximum atomic E-state index is 12.2. The van der Waals surface area contributed by atoms with Gasteiger partial charge in [-0.1, -0.05) is 6.07 Å². The van der Waals surface area contributed by atoms with Crippen LogP contribution in [0.3, 0.4) is 0 Å². The largest absolute Gasteiger partial charge is 0.348 e. The smallest absolute Gasteiger partial charge is 0.304 e. The van der Waals surface area contributed by atoms with Crippen LogP contribution in [0.4, 0.5) is 0 Å². The first-order valence-corrected chi connectivity index (χ1v) is 7.42. The summed E-state index contributed by atoms with van der Waals surface area (Å²) in [6.07, 6.45) is 1.84. The summed E-state index contributed by atoms with van der Waals surface area (Å²) in [5, 5.41) is 9.45. The highest BCUT2D eigenvalue weighted by atomic mass is 79.9. The minimum Gasteiger partial charge on any atom is -0.304 e. The Bertz CT molecular complexity index is 1090. The van der Waals surface area contributed by atoms with E-state index in [1.54, 1.807) is 4.68 Å². The Morgan fingerprint density at radius 3 is 2.82 bits per heavy atom. The molecule has 0 atom stereocenters. The van der Waals surface area contributed by atoms with Crippen molar-refractivity contribution in [3.8, 4) is 11.4 Å². The van der Waals surface area contributed by atoms with E-state index < -0.39 is 0 Å². The van der Waals surface area contributed by atoms with Gasteiger partial charge in [0.05, 0.1) is 16.8 Å². The SMILES string of the molecule is Cc1nn(C)cc1-c1nc2c3cccc(Br)c3[nH]c(=O)n2n1. The average Bonchev–Trinajstić information content (AvgIpc) is 3.04. The number of H-pyrrole nitrogens is 1. The molecule has 0 fully saturated rings. The number of benzene rings is 1. The summed E-state index contributed by atoms with van der Waals surface area (Å²) in [4.78, 5) is 19.6. The Labute approximate surface area is 132 Å². The van der Waals surface area contributed by atoms with Crippen molar-refractivity contribution in [3.63, 3.8) is 0 Å². The van der Waals surface area contributed by atoms with Crippen LogP contribution < -0.4 is 5.69 Å². The van der Waals surface area contributed by atoms with E-state index in [2.05, 4.69) is 36.1 Å². The van der Waals surface area contributed by atoms with Gasteiger partial charge in [-0.2, -0.15) is 9.61 Å². The van der Waals surface area contributed by atoms with E-state index in [4.69, 9.17) is 0 Å². The standard InChI is InChI=1S/C14H11BrN6O/c1-7-9(6-20(2)18-7)12-17-13-8-4-3-5-10(15)11(8)16-14(22)21(13)19-12/h3-6H,1-2H3,(H,16,22). The molecule has 22 heavy (non-hydrogen) atoms. The lowest BCUT2D eigenvalue weighted by atomic mass is 10.2. The number of hydrogen-bond acceptors (Lipinski definition) is 4. The average molecular weight is 359 g/mol. The molecule has 0 aliphatic rings. The lowest BCUT2D eigenvalue weighted by Crippen LogP contribution is -2.17. The Hall–Kier alpha value is -2.48. The highest BCUT2D eigenvalue weighted by molar-refractivity contribution is 9.10. The first-order chi connectivity index (χ1) is 10.5. The van der Waals surface area contributed by atoms with Gasteiger partial charge in [0.2, 0.25) is 0 Å². The third-order valence-electron chi connectivity index (χ3n) is 3.54. The van der Waals surface area contributed by atoms with Crippen LogP contribution in [0.2, 0.25) is 0 Å². The van der Waals surface area contributed by atoms with Gasteiger partial charge in [-0.3, -0.25) is 4.68 Å². The molecule has 1 aromatic carbocycles. The van der Waals surface area contributed by atoms with Gasteiger partial charge in [-0.05, 0) is 35.0 Å². The first kappa shape index (κ1) is 13.2. The molecule has 1 N–H and O–H groups in total. The van der Waals surface area contributed by atoms with Crippen LogP contribution in [0.1, 0.15) is 5.69 Å². The highest BCUT2D eigenvalue weighted by Gasteiger charge is 2.16. The summed E-state index contributed by atoms with van der Waals surface area (Å²) in [6.45, 7) is 1.89. The summed E-state index contributed by atoms with van der Waals surface area (Å²) in [6, 6.07) is 5.67. The molecule has 3 heterocycles. The summed E-state index contributed by atoms with van der Waals surface area (Å²) in [5.74, 6) is 0.489. The van der Waals surface area contributed by atoms with Crippen LogP contribution in [0.15, 0.2) is 33.7 Å². The molecule has 0 unspecified atom stereocenters. The monoisotopic (exact) mass is 358 g/mol. The van der Waals surface area contributed by atoms with Crippen LogP contribution in [0.5, 0.6) is 0 Å². The van der Waals surface area contributed by atoms with Crippen LogP contribution in [-0.4, -0.2) is 29.4 Å². The number of aromatic amines is 1. The molecule has 0 bridgehead atoms. The lowest BCUT2D eigenvalue weighted by Gasteiger charge is -2.00. The van der Waals surface area contributed by atoms with Crippen molar-refractivity contribution < 1.29 is 0 Å². The second kappa shape index (κ2) is 4.51. The fraction of sp³-hybridized carbons (Fsp3) is 0.143. The summed E-state index contributed by atoms with van der Waals surface area (Å²) in [5.41, 5.74) is 2.55. The first-order valence-electron chi connectivity index (χ1n) is 6.62. The van der Waals surface area contributed by atoms with Crippen molar-refractivity contribution in [1.82, 2.24) is 29.4 Å². The van der Waals surface area contributed by atoms with E-state index in [1.807, 2.05) is 38.4 Å². The lowest BCUT2D eigenvalue weighted by molar-refractivity contribution is 0.756. The van der Waals surface area contributed by atoms with Gasteiger partial charge in [-0.25, -0.2) is 9.78 Å². The quantitative estimate of drug-likeness (QED) is 0.564. The minimum atomic E-state index is -0.324. The number of hydrogen-bond donors (Lipinski definition) is 1. The Balaban J connectivity index is 2.11. The molecule has 7 nitrogen and oxygen atoms in total. The summed E-state index contributed by atoms with van der Waals surface area (Å²) < 4.78 is 3.80. The number of aromatic nitrogens is 6. The molecule has 8 heteroatoms. The molecule has 0 aliphatic heterocycles. The molecule has 4 aromatic rings. The fourth-order valence-electron chi connectivity index (χ4n) is 2.56. The number of para-hydroxylation sites is 1. The number of fused-ring (bicyclic) bond motifs is 3. The normalized spacial score (nSPS) is 11.6. The van der Waals surface area contributed by atoms with E-state index in [-0.39, 0.29) is 5.69 Å². The third-order valence-corrected chi connectivity index (χ3v) is 4.20. The molecule has 110 valence electrons. The number of halogens is 1. The zero-order valence-corrected chi connectivity index (χ0v) is 13.4. The van der Waals surface area contributed by atoms with Crippen LogP contribution >= 0.6 is 15.9 Å². The van der Waals surface area contributed by atoms with Crippen LogP contribution in [-0.2, 0) is 7.05 Å². The van der Waals surface area contributed by atoms with Gasteiger partial charge in [0, 0.05) is 23.1 Å². The molecule has 0 aliphatic carbocycles. The summed E-state index contributed by atoms with van der Waals surface area (Å²) >= 11 is 3.44. The zero-order valence-electron chi connectivity index (χ0n) is 11.8. The molecule has 4 rings (SSSR count). The number of aryl methyl sites for hydroxylation is 2. The maximum Gasteiger partial charge on any atom is 0.348 e. The molecule has 0 saturated heterocycles. The van der Waals surface area contributed by atoms with Crippen molar-refractivity contribution in [1.29, 1.82) is 0 Å². The molecule has 0 saturated carbocycles. The number of nitrogens with zero attached hydrogens (tertiary/aromatic N) is 5.